The van der Waals surface area contributed by atoms with Crippen LogP contribution in [0.2, 0.25) is 5.02 Å². The van der Waals surface area contributed by atoms with E-state index >= 15 is 0 Å². The minimum atomic E-state index is -0.466. The number of nitrogens with one attached hydrogen (secondary N) is 2. The van der Waals surface area contributed by atoms with Crippen LogP contribution in [0.1, 0.15) is 32.1 Å². The van der Waals surface area contributed by atoms with Crippen molar-refractivity contribution >= 4 is 46.0 Å². The van der Waals surface area contributed by atoms with Crippen molar-refractivity contribution in [3.63, 3.8) is 0 Å². The number of piperidine rings is 1. The van der Waals surface area contributed by atoms with Crippen LogP contribution in [-0.4, -0.2) is 79.4 Å². The molecular formula is C31H37ClFN5O4. The molecule has 1 aromatic heterocycles. The van der Waals surface area contributed by atoms with Gasteiger partial charge in [0.05, 0.1) is 42.7 Å². The second-order valence-electron chi connectivity index (χ2n) is 10.6. The van der Waals surface area contributed by atoms with Crippen LogP contribution in [0.5, 0.6) is 5.75 Å². The molecule has 0 spiro atoms. The standard InChI is InChI=1S/C20H20ClFN4O2.C11H17NO2/c1-23-18-9-14-17(10-19(18)28-13-4-6-27-7-5-13)24-11-25-20(14)26-12-2-3-16(22)15(21)8-12;13-7-2-1-6-12-10-4-3-5-11(12)9-14-8-10/h2-3,8-11,13,23H,4-7H2,1H3,(H,24,25,26);1-2,7,10-11H,3-6,8-9H2/b;2-1+. The Kier molecular flexibility index (Phi) is 10.6. The van der Waals surface area contributed by atoms with Gasteiger partial charge in [-0.2, -0.15) is 0 Å². The molecule has 3 aromatic rings. The molecule has 11 heteroatoms. The van der Waals surface area contributed by atoms with Crippen molar-refractivity contribution in [2.45, 2.75) is 50.3 Å². The summed E-state index contributed by atoms with van der Waals surface area (Å²) in [6, 6.07) is 9.45. The number of carbonyl (C=O) groups excluding carboxylic acids is 1. The van der Waals surface area contributed by atoms with E-state index in [-0.39, 0.29) is 11.1 Å². The van der Waals surface area contributed by atoms with Gasteiger partial charge in [-0.05, 0) is 43.2 Å². The van der Waals surface area contributed by atoms with E-state index in [4.69, 9.17) is 25.8 Å². The summed E-state index contributed by atoms with van der Waals surface area (Å²) in [5.74, 6) is 0.880. The van der Waals surface area contributed by atoms with Gasteiger partial charge >= 0.3 is 0 Å². The van der Waals surface area contributed by atoms with E-state index in [0.29, 0.717) is 36.8 Å². The monoisotopic (exact) mass is 597 g/mol. The largest absolute Gasteiger partial charge is 0.488 e. The minimum Gasteiger partial charge on any atom is -0.488 e. The summed E-state index contributed by atoms with van der Waals surface area (Å²) in [5, 5.41) is 7.21. The number of rotatable bonds is 8. The Labute approximate surface area is 250 Å². The molecule has 3 saturated heterocycles. The van der Waals surface area contributed by atoms with E-state index in [0.717, 1.165) is 61.2 Å². The molecule has 224 valence electrons. The average molecular weight is 598 g/mol. The smallest absolute Gasteiger partial charge is 0.144 e. The van der Waals surface area contributed by atoms with Gasteiger partial charge in [-0.3, -0.25) is 9.69 Å². The minimum absolute atomic E-state index is 0.0476. The zero-order chi connectivity index (χ0) is 29.3. The van der Waals surface area contributed by atoms with Crippen LogP contribution in [0.3, 0.4) is 0 Å². The summed E-state index contributed by atoms with van der Waals surface area (Å²) < 4.78 is 30.5. The number of fused-ring (bicyclic) bond motifs is 3. The third-order valence-electron chi connectivity index (χ3n) is 7.81. The molecule has 3 fully saturated rings. The zero-order valence-corrected chi connectivity index (χ0v) is 24.5. The second-order valence-corrected chi connectivity index (χ2v) is 11.0. The van der Waals surface area contributed by atoms with Crippen molar-refractivity contribution in [1.29, 1.82) is 0 Å². The van der Waals surface area contributed by atoms with Gasteiger partial charge < -0.3 is 24.8 Å². The molecule has 2 atom stereocenters. The molecule has 3 aliphatic rings. The first kappa shape index (κ1) is 30.2. The molecule has 0 saturated carbocycles. The predicted molar refractivity (Wildman–Crippen MR) is 162 cm³/mol. The second kappa shape index (κ2) is 14.7. The van der Waals surface area contributed by atoms with Crippen LogP contribution < -0.4 is 15.4 Å². The Morgan fingerprint density at radius 2 is 1.88 bits per heavy atom. The van der Waals surface area contributed by atoms with E-state index in [2.05, 4.69) is 25.5 Å². The van der Waals surface area contributed by atoms with E-state index in [9.17, 15) is 9.18 Å². The maximum atomic E-state index is 13.4. The number of ether oxygens (including phenoxy) is 3. The first-order chi connectivity index (χ1) is 20.6. The van der Waals surface area contributed by atoms with Crippen LogP contribution in [-0.2, 0) is 14.3 Å². The van der Waals surface area contributed by atoms with E-state index in [1.54, 1.807) is 12.1 Å². The average Bonchev–Trinajstić information content (AvgIpc) is 3.00. The first-order valence-electron chi connectivity index (χ1n) is 14.4. The highest BCUT2D eigenvalue weighted by Crippen LogP contribution is 2.35. The van der Waals surface area contributed by atoms with E-state index in [1.165, 1.54) is 37.7 Å². The van der Waals surface area contributed by atoms with Gasteiger partial charge in [-0.15, -0.1) is 0 Å². The van der Waals surface area contributed by atoms with Crippen molar-refractivity contribution in [3.05, 3.63) is 59.7 Å². The van der Waals surface area contributed by atoms with Crippen molar-refractivity contribution in [1.82, 2.24) is 14.9 Å². The van der Waals surface area contributed by atoms with Gasteiger partial charge in [0.2, 0.25) is 0 Å². The molecule has 3 aliphatic heterocycles. The number of aldehydes is 1. The number of nitrogens with zero attached hydrogens (tertiary/aromatic N) is 3. The van der Waals surface area contributed by atoms with Crippen LogP contribution >= 0.6 is 11.6 Å². The Morgan fingerprint density at radius 1 is 1.10 bits per heavy atom. The fourth-order valence-corrected chi connectivity index (χ4v) is 5.79. The first-order valence-corrected chi connectivity index (χ1v) is 14.8. The van der Waals surface area contributed by atoms with Gasteiger partial charge in [-0.1, -0.05) is 24.1 Å². The molecule has 6 rings (SSSR count). The fraction of sp³-hybridized carbons (Fsp3) is 0.452. The van der Waals surface area contributed by atoms with Crippen LogP contribution in [0.15, 0.2) is 48.8 Å². The molecule has 0 aliphatic carbocycles. The predicted octanol–water partition coefficient (Wildman–Crippen LogP) is 5.76. The van der Waals surface area contributed by atoms with Gasteiger partial charge in [0.1, 0.15) is 36.1 Å². The van der Waals surface area contributed by atoms with Gasteiger partial charge in [0.25, 0.3) is 0 Å². The Hall–Kier alpha value is -3.31. The van der Waals surface area contributed by atoms with Crippen molar-refractivity contribution in [2.24, 2.45) is 0 Å². The summed E-state index contributed by atoms with van der Waals surface area (Å²) >= 11 is 5.88. The molecule has 2 bridgehead atoms. The molecule has 4 heterocycles. The number of halogens is 2. The molecule has 9 nitrogen and oxygen atoms in total. The lowest BCUT2D eigenvalue weighted by Gasteiger charge is -2.45. The summed E-state index contributed by atoms with van der Waals surface area (Å²) in [6.07, 6.45) is 11.5. The summed E-state index contributed by atoms with van der Waals surface area (Å²) in [5.41, 5.74) is 2.22. The molecule has 0 amide bonds. The Bertz CT molecular complexity index is 1360. The Balaban J connectivity index is 0.000000211. The normalized spacial score (nSPS) is 21.0. The molecule has 2 unspecified atom stereocenters. The van der Waals surface area contributed by atoms with E-state index in [1.807, 2.05) is 25.3 Å². The number of carbonyl (C=O) groups is 1. The summed E-state index contributed by atoms with van der Waals surface area (Å²) in [7, 11) is 1.84. The maximum Gasteiger partial charge on any atom is 0.144 e. The van der Waals surface area contributed by atoms with Crippen molar-refractivity contribution in [3.8, 4) is 5.75 Å². The molecule has 0 radical (unpaired) electrons. The van der Waals surface area contributed by atoms with Crippen molar-refractivity contribution in [2.75, 3.05) is 50.7 Å². The third-order valence-corrected chi connectivity index (χ3v) is 8.10. The molecule has 2 aromatic carbocycles. The fourth-order valence-electron chi connectivity index (χ4n) is 5.61. The lowest BCUT2D eigenvalue weighted by Crippen LogP contribution is -2.54. The number of aromatic nitrogens is 2. The number of allylic oxidation sites excluding steroid dienone is 1. The number of benzene rings is 2. The zero-order valence-electron chi connectivity index (χ0n) is 23.7. The quantitative estimate of drug-likeness (QED) is 0.248. The van der Waals surface area contributed by atoms with Gasteiger partial charge in [-0.25, -0.2) is 14.4 Å². The van der Waals surface area contributed by atoms with Crippen LogP contribution in [0.25, 0.3) is 10.9 Å². The van der Waals surface area contributed by atoms with Crippen molar-refractivity contribution < 1.29 is 23.4 Å². The molecule has 42 heavy (non-hydrogen) atoms. The van der Waals surface area contributed by atoms with E-state index < -0.39 is 5.82 Å². The SMILES string of the molecule is CNc1cc2c(Nc3ccc(F)c(Cl)c3)ncnc2cc1OC1CCOCC1.O=C/C=C/CN1C2CCCC1COC2. The molecular weight excluding hydrogens is 561 g/mol. The number of anilines is 3. The lowest BCUT2D eigenvalue weighted by molar-refractivity contribution is -0.104. The molecule has 2 N–H and O–H groups in total. The Morgan fingerprint density at radius 3 is 2.60 bits per heavy atom. The lowest BCUT2D eigenvalue weighted by atomic mass is 9.94. The maximum absolute atomic E-state index is 13.4. The highest BCUT2D eigenvalue weighted by atomic mass is 35.5. The van der Waals surface area contributed by atoms with Crippen LogP contribution in [0, 0.1) is 5.82 Å². The number of hydrogen-bond acceptors (Lipinski definition) is 9. The topological polar surface area (TPSA) is 97.8 Å². The number of morpholine rings is 1. The summed E-state index contributed by atoms with van der Waals surface area (Å²) in [6.45, 7) is 4.06. The van der Waals surface area contributed by atoms with Gasteiger partial charge in [0.15, 0.2) is 0 Å². The highest BCUT2D eigenvalue weighted by molar-refractivity contribution is 6.31. The highest BCUT2D eigenvalue weighted by Gasteiger charge is 2.33. The van der Waals surface area contributed by atoms with Crippen LogP contribution in [0.4, 0.5) is 21.6 Å². The summed E-state index contributed by atoms with van der Waals surface area (Å²) in [4.78, 5) is 21.3. The third kappa shape index (κ3) is 7.55. The number of hydrogen-bond donors (Lipinski definition) is 2. The van der Waals surface area contributed by atoms with Gasteiger partial charge in [0, 0.05) is 55.7 Å².